The molecule has 0 radical (unpaired) electrons. The molecule has 0 saturated carbocycles. The summed E-state index contributed by atoms with van der Waals surface area (Å²) in [6, 6.07) is 1.73. The Bertz CT molecular complexity index is 437. The van der Waals surface area contributed by atoms with Gasteiger partial charge in [0, 0.05) is 0 Å². The van der Waals surface area contributed by atoms with E-state index in [0.29, 0.717) is 0 Å². The van der Waals surface area contributed by atoms with Gasteiger partial charge in [0.25, 0.3) is 0 Å². The van der Waals surface area contributed by atoms with E-state index in [0.717, 1.165) is 12.1 Å². The number of hydrogen-bond acceptors (Lipinski definition) is 1. The van der Waals surface area contributed by atoms with Crippen LogP contribution in [0.15, 0.2) is 12.1 Å². The molecule has 1 unspecified atom stereocenters. The number of alkyl halides is 1. The molecule has 1 atom stereocenters. The number of rotatable bonds is 3. The van der Waals surface area contributed by atoms with Crippen molar-refractivity contribution in [1.29, 1.82) is 0 Å². The number of amides is 1. The zero-order chi connectivity index (χ0) is 13.2. The first-order chi connectivity index (χ1) is 7.84. The lowest BCUT2D eigenvalue weighted by molar-refractivity contribution is -0.116. The van der Waals surface area contributed by atoms with Crippen LogP contribution in [-0.2, 0) is 4.79 Å². The maximum Gasteiger partial charge on any atom is 0.238 e. The smallest absolute Gasteiger partial charge is 0.238 e. The molecule has 0 fully saturated rings. The van der Waals surface area contributed by atoms with E-state index >= 15 is 0 Å². The Kier molecular flexibility index (Phi) is 4.56. The number of carbonyl (C=O) groups excluding carboxylic acids is 1. The van der Waals surface area contributed by atoms with Crippen LogP contribution < -0.4 is 5.32 Å². The normalized spacial score (nSPS) is 12.6. The van der Waals surface area contributed by atoms with Crippen molar-refractivity contribution in [2.75, 3.05) is 5.32 Å². The summed E-state index contributed by atoms with van der Waals surface area (Å²) in [6.07, 6.45) is 0. The lowest BCUT2D eigenvalue weighted by atomic mass is 10.1. The molecule has 1 N–H and O–H groups in total. The lowest BCUT2D eigenvalue weighted by Gasteiger charge is -2.14. The van der Waals surface area contributed by atoms with Crippen molar-refractivity contribution in [2.24, 2.45) is 5.92 Å². The number of carbonyl (C=O) groups is 1. The topological polar surface area (TPSA) is 29.1 Å². The van der Waals surface area contributed by atoms with E-state index < -0.39 is 28.2 Å². The second kappa shape index (κ2) is 5.53. The molecule has 0 aliphatic carbocycles. The number of anilines is 1. The zero-order valence-corrected chi connectivity index (χ0v) is 10.8. The van der Waals surface area contributed by atoms with Gasteiger partial charge in [0.15, 0.2) is 17.5 Å². The Morgan fingerprint density at radius 3 is 2.35 bits per heavy atom. The lowest BCUT2D eigenvalue weighted by Crippen LogP contribution is -2.27. The molecule has 0 aliphatic heterocycles. The van der Waals surface area contributed by atoms with Crippen LogP contribution in [-0.4, -0.2) is 10.7 Å². The van der Waals surface area contributed by atoms with Crippen LogP contribution in [0.2, 0.25) is 0 Å². The third kappa shape index (κ3) is 3.21. The fourth-order valence-corrected chi connectivity index (χ4v) is 1.24. The van der Waals surface area contributed by atoms with Gasteiger partial charge in [-0.05, 0) is 18.1 Å². The standard InChI is InChI=1S/C11H11BrF3NO/c1-5(2)8(12)11(17)16-7-4-3-6(13)9(14)10(7)15/h3-5,8H,1-2H3,(H,16,17). The SMILES string of the molecule is CC(C)C(Br)C(=O)Nc1ccc(F)c(F)c1F. The van der Waals surface area contributed by atoms with Crippen LogP contribution in [0.5, 0.6) is 0 Å². The van der Waals surface area contributed by atoms with Gasteiger partial charge in [-0.2, -0.15) is 0 Å². The molecule has 1 rings (SSSR count). The van der Waals surface area contributed by atoms with E-state index in [9.17, 15) is 18.0 Å². The number of hydrogen-bond donors (Lipinski definition) is 1. The summed E-state index contributed by atoms with van der Waals surface area (Å²) in [6.45, 7) is 3.58. The van der Waals surface area contributed by atoms with Gasteiger partial charge in [-0.15, -0.1) is 0 Å². The van der Waals surface area contributed by atoms with Crippen molar-refractivity contribution in [1.82, 2.24) is 0 Å². The first-order valence-electron chi connectivity index (χ1n) is 4.93. The summed E-state index contributed by atoms with van der Waals surface area (Å²) in [5, 5.41) is 2.19. The summed E-state index contributed by atoms with van der Waals surface area (Å²) < 4.78 is 38.8. The molecule has 0 spiro atoms. The van der Waals surface area contributed by atoms with Crippen LogP contribution in [0.25, 0.3) is 0 Å². The molecular formula is C11H11BrF3NO. The highest BCUT2D eigenvalue weighted by Crippen LogP contribution is 2.21. The van der Waals surface area contributed by atoms with Gasteiger partial charge in [-0.25, -0.2) is 13.2 Å². The van der Waals surface area contributed by atoms with E-state index in [1.165, 1.54) is 0 Å². The first-order valence-corrected chi connectivity index (χ1v) is 5.84. The molecule has 17 heavy (non-hydrogen) atoms. The molecule has 0 heterocycles. The minimum Gasteiger partial charge on any atom is -0.323 e. The van der Waals surface area contributed by atoms with Crippen molar-refractivity contribution >= 4 is 27.5 Å². The second-order valence-electron chi connectivity index (χ2n) is 3.86. The summed E-state index contributed by atoms with van der Waals surface area (Å²) in [4.78, 5) is 11.0. The fourth-order valence-electron chi connectivity index (χ4n) is 1.13. The molecule has 0 saturated heterocycles. The average molecular weight is 310 g/mol. The second-order valence-corrected chi connectivity index (χ2v) is 4.84. The Morgan fingerprint density at radius 2 is 1.82 bits per heavy atom. The van der Waals surface area contributed by atoms with Gasteiger partial charge >= 0.3 is 0 Å². The Morgan fingerprint density at radius 1 is 1.24 bits per heavy atom. The molecule has 1 amide bonds. The summed E-state index contributed by atoms with van der Waals surface area (Å²) in [5.74, 6) is -4.81. The Labute approximate surface area is 105 Å². The monoisotopic (exact) mass is 309 g/mol. The predicted octanol–water partition coefficient (Wildman–Crippen LogP) is 3.46. The van der Waals surface area contributed by atoms with E-state index in [2.05, 4.69) is 21.2 Å². The highest BCUT2D eigenvalue weighted by molar-refractivity contribution is 9.10. The maximum atomic E-state index is 13.2. The molecule has 0 aliphatic rings. The minimum absolute atomic E-state index is 0.0108. The van der Waals surface area contributed by atoms with E-state index in [4.69, 9.17) is 0 Å². The Balaban J connectivity index is 2.90. The summed E-state index contributed by atoms with van der Waals surface area (Å²) >= 11 is 3.12. The molecule has 0 bridgehead atoms. The molecule has 1 aromatic rings. The largest absolute Gasteiger partial charge is 0.323 e. The maximum absolute atomic E-state index is 13.2. The van der Waals surface area contributed by atoms with Gasteiger partial charge in [0.05, 0.1) is 10.5 Å². The average Bonchev–Trinajstić information content (AvgIpc) is 2.28. The predicted molar refractivity (Wildman–Crippen MR) is 62.5 cm³/mol. The number of halogens is 4. The highest BCUT2D eigenvalue weighted by atomic mass is 79.9. The van der Waals surface area contributed by atoms with Crippen LogP contribution in [0, 0.1) is 23.4 Å². The molecule has 0 aromatic heterocycles. The number of nitrogens with one attached hydrogen (secondary N) is 1. The van der Waals surface area contributed by atoms with Gasteiger partial charge in [0.2, 0.25) is 5.91 Å². The van der Waals surface area contributed by atoms with Gasteiger partial charge in [0.1, 0.15) is 0 Å². The third-order valence-corrected chi connectivity index (χ3v) is 3.60. The molecule has 94 valence electrons. The van der Waals surface area contributed by atoms with E-state index in [1.54, 1.807) is 13.8 Å². The van der Waals surface area contributed by atoms with E-state index in [-0.39, 0.29) is 11.6 Å². The third-order valence-electron chi connectivity index (χ3n) is 2.13. The highest BCUT2D eigenvalue weighted by Gasteiger charge is 2.21. The molecule has 2 nitrogen and oxygen atoms in total. The van der Waals surface area contributed by atoms with Crippen molar-refractivity contribution in [3.05, 3.63) is 29.6 Å². The minimum atomic E-state index is -1.60. The van der Waals surface area contributed by atoms with Crippen molar-refractivity contribution < 1.29 is 18.0 Å². The molecule has 1 aromatic carbocycles. The van der Waals surface area contributed by atoms with Crippen LogP contribution in [0.1, 0.15) is 13.8 Å². The summed E-state index contributed by atoms with van der Waals surface area (Å²) in [7, 11) is 0. The van der Waals surface area contributed by atoms with Crippen molar-refractivity contribution in [2.45, 2.75) is 18.7 Å². The zero-order valence-electron chi connectivity index (χ0n) is 9.23. The molecule has 6 heteroatoms. The van der Waals surface area contributed by atoms with Crippen molar-refractivity contribution in [3.63, 3.8) is 0 Å². The van der Waals surface area contributed by atoms with Crippen LogP contribution in [0.4, 0.5) is 18.9 Å². The van der Waals surface area contributed by atoms with Crippen LogP contribution in [0.3, 0.4) is 0 Å². The van der Waals surface area contributed by atoms with Gasteiger partial charge in [-0.3, -0.25) is 4.79 Å². The van der Waals surface area contributed by atoms with E-state index in [1.807, 2.05) is 0 Å². The van der Waals surface area contributed by atoms with Crippen LogP contribution >= 0.6 is 15.9 Å². The summed E-state index contributed by atoms with van der Waals surface area (Å²) in [5.41, 5.74) is -0.376. The van der Waals surface area contributed by atoms with Crippen molar-refractivity contribution in [3.8, 4) is 0 Å². The first kappa shape index (κ1) is 14.0. The fraction of sp³-hybridized carbons (Fsp3) is 0.364. The molecular weight excluding hydrogens is 299 g/mol. The van der Waals surface area contributed by atoms with Gasteiger partial charge < -0.3 is 5.32 Å². The number of benzene rings is 1. The Hall–Kier alpha value is -1.04. The van der Waals surface area contributed by atoms with Gasteiger partial charge in [-0.1, -0.05) is 29.8 Å². The quantitative estimate of drug-likeness (QED) is 0.672.